The number of ether oxygens (including phenoxy) is 2. The Morgan fingerprint density at radius 3 is 2.50 bits per heavy atom. The average Bonchev–Trinajstić information content (AvgIpc) is 2.45. The van der Waals surface area contributed by atoms with Crippen molar-refractivity contribution in [1.82, 2.24) is 4.98 Å². The Kier molecular flexibility index (Phi) is 4.34. The van der Waals surface area contributed by atoms with E-state index in [1.54, 1.807) is 31.2 Å². The van der Waals surface area contributed by atoms with Crippen LogP contribution < -0.4 is 14.8 Å². The number of pyridine rings is 1. The van der Waals surface area contributed by atoms with Crippen LogP contribution in [-0.2, 0) is 0 Å². The molecule has 0 unspecified atom stereocenters. The van der Waals surface area contributed by atoms with Crippen LogP contribution in [0, 0.1) is 11.6 Å². The summed E-state index contributed by atoms with van der Waals surface area (Å²) in [6.07, 6.45) is 0. The molecular weight excluding hydrogens is 266 g/mol. The Morgan fingerprint density at radius 2 is 1.85 bits per heavy atom. The highest BCUT2D eigenvalue weighted by Gasteiger charge is 2.15. The molecule has 2 aromatic rings. The molecule has 0 saturated carbocycles. The van der Waals surface area contributed by atoms with E-state index in [0.717, 1.165) is 6.07 Å². The quantitative estimate of drug-likeness (QED) is 0.909. The molecule has 1 aromatic carbocycles. The van der Waals surface area contributed by atoms with E-state index in [9.17, 15) is 8.78 Å². The number of hydrogen-bond acceptors (Lipinski definition) is 4. The minimum absolute atomic E-state index is 0.0567. The number of halogens is 2. The van der Waals surface area contributed by atoms with E-state index in [-0.39, 0.29) is 11.7 Å². The van der Waals surface area contributed by atoms with Crippen LogP contribution in [0.15, 0.2) is 30.3 Å². The minimum atomic E-state index is -0.880. The molecule has 0 radical (unpaired) electrons. The number of benzene rings is 1. The molecule has 106 valence electrons. The Labute approximate surface area is 115 Å². The largest absolute Gasteiger partial charge is 0.493 e. The van der Waals surface area contributed by atoms with Crippen molar-refractivity contribution in [2.24, 2.45) is 0 Å². The van der Waals surface area contributed by atoms with Crippen LogP contribution in [0.3, 0.4) is 0 Å². The lowest BCUT2D eigenvalue weighted by atomic mass is 10.3. The third kappa shape index (κ3) is 2.96. The third-order valence-electron chi connectivity index (χ3n) is 2.52. The zero-order chi connectivity index (χ0) is 14.5. The second kappa shape index (κ2) is 6.18. The van der Waals surface area contributed by atoms with Crippen LogP contribution in [0.5, 0.6) is 17.4 Å². The molecule has 2 rings (SSSR count). The number of hydrogen-bond donors (Lipinski definition) is 1. The summed E-state index contributed by atoms with van der Waals surface area (Å²) in [5, 5.41) is 2.69. The van der Waals surface area contributed by atoms with Gasteiger partial charge in [0.15, 0.2) is 29.0 Å². The fourth-order valence-electron chi connectivity index (χ4n) is 1.62. The number of nitrogens with zero attached hydrogens (tertiary/aromatic N) is 1. The zero-order valence-corrected chi connectivity index (χ0v) is 11.1. The summed E-state index contributed by atoms with van der Waals surface area (Å²) >= 11 is 0. The molecule has 1 heterocycles. The first-order chi connectivity index (χ1) is 9.65. The van der Waals surface area contributed by atoms with Crippen molar-refractivity contribution in [2.75, 3.05) is 19.0 Å². The zero-order valence-electron chi connectivity index (χ0n) is 11.1. The first-order valence-electron chi connectivity index (χ1n) is 6.06. The van der Waals surface area contributed by atoms with E-state index < -0.39 is 11.6 Å². The monoisotopic (exact) mass is 280 g/mol. The number of aromatic nitrogens is 1. The van der Waals surface area contributed by atoms with E-state index in [2.05, 4.69) is 10.3 Å². The summed E-state index contributed by atoms with van der Waals surface area (Å²) in [4.78, 5) is 3.79. The topological polar surface area (TPSA) is 43.4 Å². The highest BCUT2D eigenvalue weighted by Crippen LogP contribution is 2.32. The fraction of sp³-hybridized carbons (Fsp3) is 0.214. The predicted octanol–water partition coefficient (Wildman–Crippen LogP) is 3.59. The molecule has 0 atom stereocenters. The number of para-hydroxylation sites is 2. The van der Waals surface area contributed by atoms with Crippen LogP contribution in [0.25, 0.3) is 0 Å². The SMILES string of the molecule is CCNc1nc(Oc2ccccc2OC)c(F)cc1F. The number of nitrogens with one attached hydrogen (secondary N) is 1. The first kappa shape index (κ1) is 14.0. The lowest BCUT2D eigenvalue weighted by Gasteiger charge is -2.11. The summed E-state index contributed by atoms with van der Waals surface area (Å²) in [5.74, 6) is -1.28. The van der Waals surface area contributed by atoms with Gasteiger partial charge < -0.3 is 14.8 Å². The third-order valence-corrected chi connectivity index (χ3v) is 2.52. The molecule has 0 bridgehead atoms. The highest BCUT2D eigenvalue weighted by atomic mass is 19.1. The number of anilines is 1. The van der Waals surface area contributed by atoms with Crippen molar-refractivity contribution in [3.63, 3.8) is 0 Å². The molecule has 0 aliphatic carbocycles. The summed E-state index contributed by atoms with van der Waals surface area (Å²) < 4.78 is 37.6. The van der Waals surface area contributed by atoms with Gasteiger partial charge in [0.1, 0.15) is 0 Å². The van der Waals surface area contributed by atoms with Gasteiger partial charge in [0, 0.05) is 12.6 Å². The van der Waals surface area contributed by atoms with Gasteiger partial charge in [0.2, 0.25) is 0 Å². The van der Waals surface area contributed by atoms with Gasteiger partial charge in [-0.2, -0.15) is 4.98 Å². The van der Waals surface area contributed by atoms with Crippen molar-refractivity contribution < 1.29 is 18.3 Å². The molecule has 1 aromatic heterocycles. The van der Waals surface area contributed by atoms with Gasteiger partial charge in [0.05, 0.1) is 7.11 Å². The smallest absolute Gasteiger partial charge is 0.258 e. The van der Waals surface area contributed by atoms with Crippen molar-refractivity contribution >= 4 is 5.82 Å². The van der Waals surface area contributed by atoms with E-state index in [1.165, 1.54) is 7.11 Å². The molecule has 0 amide bonds. The Hall–Kier alpha value is -2.37. The Balaban J connectivity index is 2.35. The van der Waals surface area contributed by atoms with Crippen molar-refractivity contribution in [1.29, 1.82) is 0 Å². The molecule has 20 heavy (non-hydrogen) atoms. The normalized spacial score (nSPS) is 10.2. The second-order valence-corrected chi connectivity index (χ2v) is 3.89. The van der Waals surface area contributed by atoms with Gasteiger partial charge in [-0.3, -0.25) is 0 Å². The molecule has 0 fully saturated rings. The van der Waals surface area contributed by atoms with Gasteiger partial charge >= 0.3 is 0 Å². The first-order valence-corrected chi connectivity index (χ1v) is 6.06. The van der Waals surface area contributed by atoms with Crippen LogP contribution in [0.1, 0.15) is 6.92 Å². The van der Waals surface area contributed by atoms with Gasteiger partial charge in [-0.1, -0.05) is 12.1 Å². The summed E-state index contributed by atoms with van der Waals surface area (Å²) in [6.45, 7) is 2.24. The molecule has 1 N–H and O–H groups in total. The molecule has 6 heteroatoms. The summed E-state index contributed by atoms with van der Waals surface area (Å²) in [7, 11) is 1.47. The fourth-order valence-corrected chi connectivity index (χ4v) is 1.62. The van der Waals surface area contributed by atoms with Crippen LogP contribution in [-0.4, -0.2) is 18.6 Å². The van der Waals surface area contributed by atoms with E-state index in [0.29, 0.717) is 18.0 Å². The van der Waals surface area contributed by atoms with Gasteiger partial charge in [-0.25, -0.2) is 8.78 Å². The lowest BCUT2D eigenvalue weighted by Crippen LogP contribution is -2.05. The minimum Gasteiger partial charge on any atom is -0.493 e. The molecule has 0 aliphatic heterocycles. The van der Waals surface area contributed by atoms with E-state index in [1.807, 2.05) is 0 Å². The lowest BCUT2D eigenvalue weighted by molar-refractivity contribution is 0.363. The Morgan fingerprint density at radius 1 is 1.15 bits per heavy atom. The van der Waals surface area contributed by atoms with Crippen molar-refractivity contribution in [3.8, 4) is 17.4 Å². The van der Waals surface area contributed by atoms with Crippen molar-refractivity contribution in [2.45, 2.75) is 6.92 Å². The number of methoxy groups -OCH3 is 1. The Bertz CT molecular complexity index is 606. The van der Waals surface area contributed by atoms with Gasteiger partial charge in [-0.05, 0) is 19.1 Å². The summed E-state index contributed by atoms with van der Waals surface area (Å²) in [6, 6.07) is 7.47. The van der Waals surface area contributed by atoms with Gasteiger partial charge in [-0.15, -0.1) is 0 Å². The van der Waals surface area contributed by atoms with Crippen LogP contribution in [0.2, 0.25) is 0 Å². The predicted molar refractivity (Wildman–Crippen MR) is 71.4 cm³/mol. The molecule has 0 spiro atoms. The molecular formula is C14H14F2N2O2. The highest BCUT2D eigenvalue weighted by molar-refractivity contribution is 5.44. The second-order valence-electron chi connectivity index (χ2n) is 3.89. The van der Waals surface area contributed by atoms with E-state index >= 15 is 0 Å². The average molecular weight is 280 g/mol. The molecule has 0 saturated heterocycles. The number of rotatable bonds is 5. The maximum Gasteiger partial charge on any atom is 0.258 e. The van der Waals surface area contributed by atoms with Crippen LogP contribution in [0.4, 0.5) is 14.6 Å². The van der Waals surface area contributed by atoms with Gasteiger partial charge in [0.25, 0.3) is 5.88 Å². The van der Waals surface area contributed by atoms with Crippen LogP contribution >= 0.6 is 0 Å². The van der Waals surface area contributed by atoms with Crippen molar-refractivity contribution in [3.05, 3.63) is 42.0 Å². The molecule has 4 nitrogen and oxygen atoms in total. The maximum absolute atomic E-state index is 13.7. The maximum atomic E-state index is 13.7. The molecule has 0 aliphatic rings. The summed E-state index contributed by atoms with van der Waals surface area (Å²) in [5.41, 5.74) is 0. The van der Waals surface area contributed by atoms with E-state index in [4.69, 9.17) is 9.47 Å². The standard InChI is InChI=1S/C14H14F2N2O2/c1-3-17-13-9(15)8-10(16)14(18-13)20-12-7-5-4-6-11(12)19-2/h4-8H,3H2,1-2H3,(H,17,18).